The molecule has 0 saturated carbocycles. The van der Waals surface area contributed by atoms with Crippen molar-refractivity contribution in [3.05, 3.63) is 42.0 Å². The molecule has 1 saturated heterocycles. The molecule has 3 heterocycles. The predicted octanol–water partition coefficient (Wildman–Crippen LogP) is 2.20. The lowest BCUT2D eigenvalue weighted by Crippen LogP contribution is -2.59. The molecule has 3 aliphatic heterocycles. The summed E-state index contributed by atoms with van der Waals surface area (Å²) in [7, 11) is 0. The number of hydrogen-bond donors (Lipinski definition) is 0. The van der Waals surface area contributed by atoms with Gasteiger partial charge in [0.2, 0.25) is 0 Å². The normalized spacial score (nSPS) is 33.1. The number of amides is 1. The van der Waals surface area contributed by atoms with Crippen LogP contribution < -0.4 is 4.74 Å². The minimum absolute atomic E-state index is 0.0823. The van der Waals surface area contributed by atoms with Crippen LogP contribution in [0.2, 0.25) is 0 Å². The lowest BCUT2D eigenvalue weighted by atomic mass is 9.83. The molecule has 2 bridgehead atoms. The van der Waals surface area contributed by atoms with Crippen molar-refractivity contribution < 1.29 is 9.53 Å². The molecule has 3 nitrogen and oxygen atoms in total. The van der Waals surface area contributed by atoms with E-state index >= 15 is 0 Å². The average Bonchev–Trinajstić information content (AvgIpc) is 2.40. The number of ether oxygens (including phenoxy) is 1. The number of para-hydroxylation sites is 1. The molecule has 17 heavy (non-hydrogen) atoms. The van der Waals surface area contributed by atoms with Gasteiger partial charge in [0, 0.05) is 5.92 Å². The summed E-state index contributed by atoms with van der Waals surface area (Å²) in [4.78, 5) is 14.4. The van der Waals surface area contributed by atoms with Crippen molar-refractivity contribution in [3.8, 4) is 5.75 Å². The van der Waals surface area contributed by atoms with Gasteiger partial charge in [-0.15, -0.1) is 0 Å². The first-order valence-corrected chi connectivity index (χ1v) is 6.11. The summed E-state index contributed by atoms with van der Waals surface area (Å²) in [6.45, 7) is 0. The molecule has 1 aromatic rings. The van der Waals surface area contributed by atoms with Crippen LogP contribution in [-0.2, 0) is 0 Å². The quantitative estimate of drug-likeness (QED) is 0.636. The van der Waals surface area contributed by atoms with Crippen molar-refractivity contribution >= 4 is 5.91 Å². The highest BCUT2D eigenvalue weighted by Gasteiger charge is 2.46. The van der Waals surface area contributed by atoms with Gasteiger partial charge in [-0.3, -0.25) is 9.69 Å². The molecule has 1 amide bonds. The molecule has 3 atom stereocenters. The number of rotatable bonds is 0. The predicted molar refractivity (Wildman–Crippen MR) is 62.7 cm³/mol. The molecule has 1 aromatic carbocycles. The molecule has 5 rings (SSSR count). The first-order chi connectivity index (χ1) is 8.34. The fraction of sp³-hybridized carbons (Fsp3) is 0.357. The summed E-state index contributed by atoms with van der Waals surface area (Å²) in [5.41, 5.74) is 0.699. The van der Waals surface area contributed by atoms with Gasteiger partial charge in [-0.1, -0.05) is 24.3 Å². The summed E-state index contributed by atoms with van der Waals surface area (Å²) in [5.74, 6) is 1.22. The molecule has 0 radical (unpaired) electrons. The Morgan fingerprint density at radius 2 is 2.06 bits per heavy atom. The highest BCUT2D eigenvalue weighted by Crippen LogP contribution is 2.41. The standard InChI is InChI=1S/C14H13NO2/c16-13-11-3-1-2-4-12(11)17-14-9-5-7-10(8-6-9)15(13)14/h1-5,7,9-10,14H,6,8H2/t9-,10+,14?/m0/s1. The number of piperidine rings is 1. The van der Waals surface area contributed by atoms with Gasteiger partial charge in [-0.25, -0.2) is 0 Å². The van der Waals surface area contributed by atoms with Gasteiger partial charge in [-0.2, -0.15) is 0 Å². The van der Waals surface area contributed by atoms with Gasteiger partial charge in [0.25, 0.3) is 5.91 Å². The molecule has 0 aromatic heterocycles. The van der Waals surface area contributed by atoms with Crippen molar-refractivity contribution in [2.75, 3.05) is 0 Å². The van der Waals surface area contributed by atoms with Crippen molar-refractivity contribution in [3.63, 3.8) is 0 Å². The zero-order valence-electron chi connectivity index (χ0n) is 9.37. The second-order valence-corrected chi connectivity index (χ2v) is 4.91. The Morgan fingerprint density at radius 3 is 2.88 bits per heavy atom. The maximum absolute atomic E-state index is 12.5. The first kappa shape index (κ1) is 9.28. The molecule has 3 heteroatoms. The minimum atomic E-state index is -0.0823. The van der Waals surface area contributed by atoms with Gasteiger partial charge in [0.15, 0.2) is 6.23 Å². The second-order valence-electron chi connectivity index (χ2n) is 4.91. The van der Waals surface area contributed by atoms with Gasteiger partial charge in [0.05, 0.1) is 11.6 Å². The summed E-state index contributed by atoms with van der Waals surface area (Å²) in [6, 6.07) is 7.76. The van der Waals surface area contributed by atoms with Gasteiger partial charge >= 0.3 is 0 Å². The van der Waals surface area contributed by atoms with E-state index in [4.69, 9.17) is 4.74 Å². The minimum Gasteiger partial charge on any atom is -0.469 e. The number of fused-ring (bicyclic) bond motifs is 2. The molecule has 1 fully saturated rings. The Hall–Kier alpha value is -1.77. The lowest BCUT2D eigenvalue weighted by Gasteiger charge is -2.49. The van der Waals surface area contributed by atoms with Crippen LogP contribution in [0, 0.1) is 5.92 Å². The van der Waals surface area contributed by atoms with Gasteiger partial charge in [-0.05, 0) is 25.0 Å². The van der Waals surface area contributed by atoms with Crippen LogP contribution in [0.15, 0.2) is 36.4 Å². The summed E-state index contributed by atoms with van der Waals surface area (Å²) in [6.07, 6.45) is 6.46. The Balaban J connectivity index is 1.85. The van der Waals surface area contributed by atoms with Crippen molar-refractivity contribution in [1.29, 1.82) is 0 Å². The SMILES string of the molecule is O=C1c2ccccc2OC2[C@H]3C=C[C@H](CC3)N12. The third-order valence-electron chi connectivity index (χ3n) is 3.97. The van der Waals surface area contributed by atoms with Crippen LogP contribution in [0.3, 0.4) is 0 Å². The fourth-order valence-corrected chi connectivity index (χ4v) is 3.12. The van der Waals surface area contributed by atoms with E-state index in [2.05, 4.69) is 12.2 Å². The number of carbonyl (C=O) groups excluding carboxylic acids is 1. The van der Waals surface area contributed by atoms with E-state index in [1.165, 1.54) is 0 Å². The maximum atomic E-state index is 12.5. The summed E-state index contributed by atoms with van der Waals surface area (Å²) < 4.78 is 5.99. The van der Waals surface area contributed by atoms with E-state index in [0.717, 1.165) is 18.6 Å². The van der Waals surface area contributed by atoms with Crippen LogP contribution >= 0.6 is 0 Å². The molecule has 4 aliphatic rings. The van der Waals surface area contributed by atoms with E-state index in [1.807, 2.05) is 29.2 Å². The topological polar surface area (TPSA) is 29.5 Å². The molecule has 0 N–H and O–H groups in total. The molecule has 86 valence electrons. The van der Waals surface area contributed by atoms with Crippen LogP contribution in [-0.4, -0.2) is 23.1 Å². The van der Waals surface area contributed by atoms with Crippen molar-refractivity contribution in [2.24, 2.45) is 5.92 Å². The van der Waals surface area contributed by atoms with E-state index < -0.39 is 0 Å². The van der Waals surface area contributed by atoms with Gasteiger partial charge < -0.3 is 4.74 Å². The monoisotopic (exact) mass is 227 g/mol. The smallest absolute Gasteiger partial charge is 0.260 e. The maximum Gasteiger partial charge on any atom is 0.260 e. The number of nitrogens with zero attached hydrogens (tertiary/aromatic N) is 1. The second kappa shape index (κ2) is 3.13. The molecule has 0 spiro atoms. The largest absolute Gasteiger partial charge is 0.469 e. The van der Waals surface area contributed by atoms with Crippen LogP contribution in [0.25, 0.3) is 0 Å². The number of carbonyl (C=O) groups is 1. The summed E-state index contributed by atoms with van der Waals surface area (Å²) >= 11 is 0. The highest BCUT2D eigenvalue weighted by molar-refractivity contribution is 5.98. The molecule has 1 unspecified atom stereocenters. The molecular formula is C14H13NO2. The zero-order chi connectivity index (χ0) is 11.4. The highest BCUT2D eigenvalue weighted by atomic mass is 16.5. The third kappa shape index (κ3) is 1.14. The van der Waals surface area contributed by atoms with Crippen LogP contribution in [0.4, 0.5) is 0 Å². The Morgan fingerprint density at radius 1 is 1.18 bits per heavy atom. The fourth-order valence-electron chi connectivity index (χ4n) is 3.12. The number of hydrogen-bond acceptors (Lipinski definition) is 2. The van der Waals surface area contributed by atoms with Crippen molar-refractivity contribution in [2.45, 2.75) is 25.1 Å². The van der Waals surface area contributed by atoms with Crippen molar-refractivity contribution in [1.82, 2.24) is 4.90 Å². The van der Waals surface area contributed by atoms with E-state index in [0.29, 0.717) is 11.5 Å². The zero-order valence-corrected chi connectivity index (χ0v) is 9.37. The lowest BCUT2D eigenvalue weighted by molar-refractivity contribution is -0.0516. The van der Waals surface area contributed by atoms with Crippen LogP contribution in [0.5, 0.6) is 5.75 Å². The van der Waals surface area contributed by atoms with E-state index in [9.17, 15) is 4.79 Å². The Kier molecular flexibility index (Phi) is 1.71. The Labute approximate surface area is 99.7 Å². The third-order valence-corrected chi connectivity index (χ3v) is 3.97. The van der Waals surface area contributed by atoms with Gasteiger partial charge in [0.1, 0.15) is 5.75 Å². The Bertz CT molecular complexity index is 523. The number of benzene rings is 1. The average molecular weight is 227 g/mol. The molecule has 1 aliphatic carbocycles. The first-order valence-electron chi connectivity index (χ1n) is 6.11. The molecular weight excluding hydrogens is 214 g/mol. The summed E-state index contributed by atoms with van der Waals surface area (Å²) in [5, 5.41) is 0. The van der Waals surface area contributed by atoms with E-state index in [-0.39, 0.29) is 18.2 Å². The van der Waals surface area contributed by atoms with E-state index in [1.54, 1.807) is 0 Å². The van der Waals surface area contributed by atoms with Crippen LogP contribution in [0.1, 0.15) is 23.2 Å².